The molecule has 110 valence electrons. The zero-order valence-electron chi connectivity index (χ0n) is 12.1. The predicted molar refractivity (Wildman–Crippen MR) is 76.9 cm³/mol. The monoisotopic (exact) mass is 278 g/mol. The van der Waals surface area contributed by atoms with Crippen molar-refractivity contribution in [2.45, 2.75) is 38.6 Å². The van der Waals surface area contributed by atoms with Gasteiger partial charge in [0.2, 0.25) is 5.95 Å². The maximum atomic E-state index is 12.0. The molecule has 0 spiro atoms. The van der Waals surface area contributed by atoms with Gasteiger partial charge >= 0.3 is 0 Å². The van der Waals surface area contributed by atoms with Gasteiger partial charge in [0.05, 0.1) is 6.61 Å². The van der Waals surface area contributed by atoms with E-state index >= 15 is 0 Å². The minimum atomic E-state index is -0.193. The molecule has 0 aromatic carbocycles. The Balaban J connectivity index is 2.01. The molecule has 1 aromatic rings. The third-order valence-corrected chi connectivity index (χ3v) is 3.37. The largest absolute Gasteiger partial charge is 0.383 e. The van der Waals surface area contributed by atoms with Crippen LogP contribution < -0.4 is 10.6 Å². The molecule has 1 heterocycles. The average Bonchev–Trinajstić information content (AvgIpc) is 2.91. The number of carbonyl (C=O) groups excluding carboxylic acids is 1. The number of anilines is 1. The number of nitrogens with zero attached hydrogens (tertiary/aromatic N) is 2. The molecule has 0 aliphatic heterocycles. The van der Waals surface area contributed by atoms with Gasteiger partial charge in [-0.3, -0.25) is 4.79 Å². The van der Waals surface area contributed by atoms with Crippen LogP contribution in [0.2, 0.25) is 0 Å². The van der Waals surface area contributed by atoms with E-state index in [9.17, 15) is 4.79 Å². The van der Waals surface area contributed by atoms with E-state index < -0.39 is 0 Å². The first-order chi connectivity index (χ1) is 9.69. The second-order valence-corrected chi connectivity index (χ2v) is 5.09. The van der Waals surface area contributed by atoms with Gasteiger partial charge in [0, 0.05) is 25.4 Å². The van der Waals surface area contributed by atoms with Gasteiger partial charge in [-0.2, -0.15) is 0 Å². The van der Waals surface area contributed by atoms with Crippen LogP contribution in [-0.4, -0.2) is 42.2 Å². The normalized spacial score (nSPS) is 15.3. The van der Waals surface area contributed by atoms with Gasteiger partial charge in [-0.1, -0.05) is 12.8 Å². The van der Waals surface area contributed by atoms with Crippen LogP contribution in [0.3, 0.4) is 0 Å². The van der Waals surface area contributed by atoms with Crippen molar-refractivity contribution in [3.8, 4) is 0 Å². The first-order valence-electron chi connectivity index (χ1n) is 7.08. The Bertz CT molecular complexity index is 458. The summed E-state index contributed by atoms with van der Waals surface area (Å²) in [4.78, 5) is 20.6. The van der Waals surface area contributed by atoms with E-state index in [-0.39, 0.29) is 5.91 Å². The Kier molecular flexibility index (Phi) is 5.29. The van der Waals surface area contributed by atoms with Crippen LogP contribution in [0.25, 0.3) is 0 Å². The zero-order valence-corrected chi connectivity index (χ0v) is 12.1. The molecule has 6 nitrogen and oxygen atoms in total. The Morgan fingerprint density at radius 2 is 2.15 bits per heavy atom. The van der Waals surface area contributed by atoms with Crippen LogP contribution in [0.5, 0.6) is 0 Å². The quantitative estimate of drug-likeness (QED) is 0.772. The third-order valence-electron chi connectivity index (χ3n) is 3.37. The van der Waals surface area contributed by atoms with Crippen molar-refractivity contribution in [3.63, 3.8) is 0 Å². The third kappa shape index (κ3) is 4.16. The minimum absolute atomic E-state index is 0.193. The number of methoxy groups -OCH3 is 1. The molecule has 2 N–H and O–H groups in total. The van der Waals surface area contributed by atoms with Crippen molar-refractivity contribution < 1.29 is 9.53 Å². The fourth-order valence-electron chi connectivity index (χ4n) is 2.36. The van der Waals surface area contributed by atoms with Crippen LogP contribution in [0.4, 0.5) is 5.95 Å². The zero-order chi connectivity index (χ0) is 14.4. The highest BCUT2D eigenvalue weighted by atomic mass is 16.5. The summed E-state index contributed by atoms with van der Waals surface area (Å²) >= 11 is 0. The van der Waals surface area contributed by atoms with Gasteiger partial charge < -0.3 is 15.4 Å². The molecule has 1 amide bonds. The summed E-state index contributed by atoms with van der Waals surface area (Å²) in [7, 11) is 1.60. The van der Waals surface area contributed by atoms with Gasteiger partial charge in [0.25, 0.3) is 5.91 Å². The van der Waals surface area contributed by atoms with Gasteiger partial charge in [-0.25, -0.2) is 9.97 Å². The lowest BCUT2D eigenvalue weighted by Gasteiger charge is -2.13. The molecule has 1 aliphatic rings. The molecule has 20 heavy (non-hydrogen) atoms. The number of nitrogens with one attached hydrogen (secondary N) is 2. The number of hydrogen-bond acceptors (Lipinski definition) is 5. The van der Waals surface area contributed by atoms with E-state index in [1.807, 2.05) is 6.92 Å². The van der Waals surface area contributed by atoms with Crippen LogP contribution in [-0.2, 0) is 4.74 Å². The smallest absolute Gasteiger partial charge is 0.270 e. The summed E-state index contributed by atoms with van der Waals surface area (Å²) in [6, 6.07) is 2.13. The number of rotatable bonds is 6. The summed E-state index contributed by atoms with van der Waals surface area (Å²) in [5.74, 6) is 0.357. The van der Waals surface area contributed by atoms with E-state index in [2.05, 4.69) is 20.6 Å². The molecular weight excluding hydrogens is 256 g/mol. The van der Waals surface area contributed by atoms with Crippen molar-refractivity contribution in [2.24, 2.45) is 0 Å². The lowest BCUT2D eigenvalue weighted by Crippen LogP contribution is -2.28. The predicted octanol–water partition coefficient (Wildman–Crippen LogP) is 1.52. The van der Waals surface area contributed by atoms with Crippen LogP contribution >= 0.6 is 0 Å². The van der Waals surface area contributed by atoms with Crippen LogP contribution in [0.15, 0.2) is 6.07 Å². The number of amides is 1. The Morgan fingerprint density at radius 3 is 2.85 bits per heavy atom. The topological polar surface area (TPSA) is 76.1 Å². The molecule has 0 unspecified atom stereocenters. The van der Waals surface area contributed by atoms with Crippen molar-refractivity contribution in [2.75, 3.05) is 25.6 Å². The van der Waals surface area contributed by atoms with E-state index in [1.54, 1.807) is 13.2 Å². The molecule has 0 bridgehead atoms. The molecule has 1 fully saturated rings. The molecule has 0 radical (unpaired) electrons. The van der Waals surface area contributed by atoms with E-state index in [4.69, 9.17) is 4.74 Å². The van der Waals surface area contributed by atoms with Crippen molar-refractivity contribution in [1.82, 2.24) is 15.3 Å². The fraction of sp³-hybridized carbons (Fsp3) is 0.643. The van der Waals surface area contributed by atoms with Crippen molar-refractivity contribution in [1.29, 1.82) is 0 Å². The number of carbonyl (C=O) groups is 1. The highest BCUT2D eigenvalue weighted by molar-refractivity contribution is 5.92. The van der Waals surface area contributed by atoms with Crippen LogP contribution in [0, 0.1) is 6.92 Å². The van der Waals surface area contributed by atoms with E-state index in [1.165, 1.54) is 12.8 Å². The van der Waals surface area contributed by atoms with Crippen molar-refractivity contribution >= 4 is 11.9 Å². The maximum absolute atomic E-state index is 12.0. The molecule has 6 heteroatoms. The van der Waals surface area contributed by atoms with Gasteiger partial charge in [0.1, 0.15) is 5.69 Å². The first kappa shape index (κ1) is 14.7. The Morgan fingerprint density at radius 1 is 1.40 bits per heavy atom. The average molecular weight is 278 g/mol. The molecule has 1 aromatic heterocycles. The molecule has 0 saturated heterocycles. The number of aromatic nitrogens is 2. The summed E-state index contributed by atoms with van der Waals surface area (Å²) in [5.41, 5.74) is 1.19. The summed E-state index contributed by atoms with van der Waals surface area (Å²) in [6.45, 7) is 2.83. The lowest BCUT2D eigenvalue weighted by molar-refractivity contribution is 0.0932. The summed E-state index contributed by atoms with van der Waals surface area (Å²) in [5, 5.41) is 6.08. The van der Waals surface area contributed by atoms with Gasteiger partial charge in [-0.15, -0.1) is 0 Å². The van der Waals surface area contributed by atoms with Crippen molar-refractivity contribution in [3.05, 3.63) is 17.5 Å². The molecule has 2 rings (SSSR count). The van der Waals surface area contributed by atoms with Crippen LogP contribution in [0.1, 0.15) is 41.9 Å². The lowest BCUT2D eigenvalue weighted by atomic mass is 10.2. The Labute approximate surface area is 119 Å². The van der Waals surface area contributed by atoms with Gasteiger partial charge in [0.15, 0.2) is 0 Å². The number of ether oxygens (including phenoxy) is 1. The standard InChI is InChI=1S/C14H22N4O2/c1-10-9-12(13(19)15-7-8-20-2)18-14(16-10)17-11-5-3-4-6-11/h9,11H,3-8H2,1-2H3,(H,15,19)(H,16,17,18). The van der Waals surface area contributed by atoms with E-state index in [0.717, 1.165) is 18.5 Å². The fourth-order valence-corrected chi connectivity index (χ4v) is 2.36. The molecule has 1 aliphatic carbocycles. The SMILES string of the molecule is COCCNC(=O)c1cc(C)nc(NC2CCCC2)n1. The number of aryl methyl sites for hydroxylation is 1. The molecule has 1 saturated carbocycles. The maximum Gasteiger partial charge on any atom is 0.270 e. The second-order valence-electron chi connectivity index (χ2n) is 5.09. The summed E-state index contributed by atoms with van der Waals surface area (Å²) < 4.78 is 4.90. The molecular formula is C14H22N4O2. The summed E-state index contributed by atoms with van der Waals surface area (Å²) in [6.07, 6.45) is 4.78. The number of hydrogen-bond donors (Lipinski definition) is 2. The highest BCUT2D eigenvalue weighted by Gasteiger charge is 2.17. The van der Waals surface area contributed by atoms with E-state index in [0.29, 0.717) is 30.8 Å². The Hall–Kier alpha value is -1.69. The highest BCUT2D eigenvalue weighted by Crippen LogP contribution is 2.20. The minimum Gasteiger partial charge on any atom is -0.383 e. The molecule has 0 atom stereocenters. The van der Waals surface area contributed by atoms with Gasteiger partial charge in [-0.05, 0) is 25.8 Å². The second kappa shape index (κ2) is 7.19. The first-order valence-corrected chi connectivity index (χ1v) is 7.08.